The highest BCUT2D eigenvalue weighted by Gasteiger charge is 2.41. The molecular weight excluding hydrogens is 226 g/mol. The molecule has 1 atom stereocenters. The molecule has 1 aromatic rings. The van der Waals surface area contributed by atoms with Crippen LogP contribution in [0.1, 0.15) is 30.7 Å². The molecule has 0 saturated heterocycles. The second-order valence-corrected chi connectivity index (χ2v) is 5.65. The Balaban J connectivity index is 1.50. The summed E-state index contributed by atoms with van der Waals surface area (Å²) >= 11 is 0. The second-order valence-electron chi connectivity index (χ2n) is 5.65. The average molecular weight is 247 g/mol. The summed E-state index contributed by atoms with van der Waals surface area (Å²) in [6, 6.07) is 8.31. The molecule has 1 unspecified atom stereocenters. The third kappa shape index (κ3) is 2.38. The van der Waals surface area contributed by atoms with Crippen molar-refractivity contribution >= 4 is 0 Å². The van der Waals surface area contributed by atoms with Crippen molar-refractivity contribution < 1.29 is 9.84 Å². The molecule has 3 heteroatoms. The van der Waals surface area contributed by atoms with Crippen LogP contribution in [0.5, 0.6) is 5.75 Å². The molecule has 0 radical (unpaired) electrons. The van der Waals surface area contributed by atoms with Gasteiger partial charge in [-0.15, -0.1) is 0 Å². The standard InChI is InChI=1S/C15H21NO2/c17-8-7-15(5-6-15)11-16-9-12-10-18-14-4-2-1-3-13(12)14/h1-4,12,16-17H,5-11H2. The Labute approximate surface area is 108 Å². The van der Waals surface area contributed by atoms with Crippen molar-refractivity contribution in [1.82, 2.24) is 5.32 Å². The van der Waals surface area contributed by atoms with Crippen LogP contribution in [0.4, 0.5) is 0 Å². The zero-order chi connectivity index (χ0) is 12.4. The zero-order valence-corrected chi connectivity index (χ0v) is 10.7. The van der Waals surface area contributed by atoms with Crippen LogP contribution in [0, 0.1) is 5.41 Å². The van der Waals surface area contributed by atoms with Gasteiger partial charge >= 0.3 is 0 Å². The Morgan fingerprint density at radius 3 is 2.94 bits per heavy atom. The molecule has 18 heavy (non-hydrogen) atoms. The summed E-state index contributed by atoms with van der Waals surface area (Å²) in [5.74, 6) is 1.52. The number of rotatable bonds is 6. The quantitative estimate of drug-likeness (QED) is 0.807. The second kappa shape index (κ2) is 4.90. The van der Waals surface area contributed by atoms with Crippen LogP contribution in [0.25, 0.3) is 0 Å². The summed E-state index contributed by atoms with van der Waals surface area (Å²) in [7, 11) is 0. The van der Waals surface area contributed by atoms with Crippen LogP contribution in [-0.2, 0) is 0 Å². The first-order valence-corrected chi connectivity index (χ1v) is 6.86. The molecule has 0 amide bonds. The van der Waals surface area contributed by atoms with Gasteiger partial charge in [-0.05, 0) is 30.7 Å². The fourth-order valence-electron chi connectivity index (χ4n) is 2.84. The van der Waals surface area contributed by atoms with Gasteiger partial charge in [0.2, 0.25) is 0 Å². The Kier molecular flexibility index (Phi) is 3.27. The monoisotopic (exact) mass is 247 g/mol. The molecule has 1 aliphatic carbocycles. The van der Waals surface area contributed by atoms with Crippen LogP contribution in [0.2, 0.25) is 0 Å². The van der Waals surface area contributed by atoms with E-state index in [1.54, 1.807) is 0 Å². The van der Waals surface area contributed by atoms with Crippen molar-refractivity contribution in [3.8, 4) is 5.75 Å². The van der Waals surface area contributed by atoms with E-state index in [0.717, 1.165) is 31.9 Å². The SMILES string of the molecule is OCCC1(CNCC2COc3ccccc32)CC1. The van der Waals surface area contributed by atoms with Crippen LogP contribution < -0.4 is 10.1 Å². The minimum atomic E-state index is 0.317. The highest BCUT2D eigenvalue weighted by atomic mass is 16.5. The summed E-state index contributed by atoms with van der Waals surface area (Å²) in [4.78, 5) is 0. The van der Waals surface area contributed by atoms with E-state index in [0.29, 0.717) is 17.9 Å². The Hall–Kier alpha value is -1.06. The van der Waals surface area contributed by atoms with Crippen molar-refractivity contribution in [3.05, 3.63) is 29.8 Å². The van der Waals surface area contributed by atoms with Crippen molar-refractivity contribution in [3.63, 3.8) is 0 Å². The van der Waals surface area contributed by atoms with Gasteiger partial charge in [0.25, 0.3) is 0 Å². The lowest BCUT2D eigenvalue weighted by atomic mass is 10.00. The smallest absolute Gasteiger partial charge is 0.122 e. The average Bonchev–Trinajstić information content (AvgIpc) is 3.02. The van der Waals surface area contributed by atoms with Crippen molar-refractivity contribution in [2.24, 2.45) is 5.41 Å². The van der Waals surface area contributed by atoms with Gasteiger partial charge in [-0.25, -0.2) is 0 Å². The molecule has 3 rings (SSSR count). The van der Waals surface area contributed by atoms with Crippen LogP contribution in [-0.4, -0.2) is 31.4 Å². The highest BCUT2D eigenvalue weighted by molar-refractivity contribution is 5.39. The van der Waals surface area contributed by atoms with E-state index in [4.69, 9.17) is 9.84 Å². The minimum absolute atomic E-state index is 0.317. The summed E-state index contributed by atoms with van der Waals surface area (Å²) in [5.41, 5.74) is 1.73. The molecule has 2 N–H and O–H groups in total. The predicted molar refractivity (Wildman–Crippen MR) is 70.9 cm³/mol. The van der Waals surface area contributed by atoms with Crippen molar-refractivity contribution in [1.29, 1.82) is 0 Å². The Bertz CT molecular complexity index is 415. The number of hydrogen-bond donors (Lipinski definition) is 2. The van der Waals surface area contributed by atoms with E-state index >= 15 is 0 Å². The molecule has 1 fully saturated rings. The van der Waals surface area contributed by atoms with E-state index in [1.807, 2.05) is 12.1 Å². The summed E-state index contributed by atoms with van der Waals surface area (Å²) in [6.45, 7) is 3.12. The number of hydrogen-bond acceptors (Lipinski definition) is 3. The van der Waals surface area contributed by atoms with E-state index in [1.165, 1.54) is 18.4 Å². The van der Waals surface area contributed by atoms with Crippen LogP contribution >= 0.6 is 0 Å². The molecule has 0 aromatic heterocycles. The molecule has 1 saturated carbocycles. The maximum absolute atomic E-state index is 9.04. The van der Waals surface area contributed by atoms with E-state index < -0.39 is 0 Å². The molecule has 0 bridgehead atoms. The number of fused-ring (bicyclic) bond motifs is 1. The van der Waals surface area contributed by atoms with E-state index in [-0.39, 0.29) is 0 Å². The number of benzene rings is 1. The van der Waals surface area contributed by atoms with Gasteiger partial charge in [0.05, 0.1) is 6.61 Å². The van der Waals surface area contributed by atoms with E-state index in [2.05, 4.69) is 17.4 Å². The zero-order valence-electron chi connectivity index (χ0n) is 10.7. The Morgan fingerprint density at radius 2 is 2.17 bits per heavy atom. The number of aliphatic hydroxyl groups excluding tert-OH is 1. The largest absolute Gasteiger partial charge is 0.493 e. The number of aliphatic hydroxyl groups is 1. The molecule has 1 aromatic carbocycles. The third-order valence-electron chi connectivity index (χ3n) is 4.29. The maximum Gasteiger partial charge on any atom is 0.122 e. The molecule has 98 valence electrons. The molecular formula is C15H21NO2. The third-order valence-corrected chi connectivity index (χ3v) is 4.29. The minimum Gasteiger partial charge on any atom is -0.493 e. The normalized spacial score (nSPS) is 23.5. The Morgan fingerprint density at radius 1 is 1.33 bits per heavy atom. The maximum atomic E-state index is 9.04. The molecule has 1 aliphatic heterocycles. The molecule has 3 nitrogen and oxygen atoms in total. The summed E-state index contributed by atoms with van der Waals surface area (Å²) in [5, 5.41) is 12.6. The van der Waals surface area contributed by atoms with E-state index in [9.17, 15) is 0 Å². The number of nitrogens with one attached hydrogen (secondary N) is 1. The first-order chi connectivity index (χ1) is 8.83. The lowest BCUT2D eigenvalue weighted by Gasteiger charge is -2.16. The molecule has 0 spiro atoms. The van der Waals surface area contributed by atoms with Gasteiger partial charge < -0.3 is 15.2 Å². The van der Waals surface area contributed by atoms with Crippen molar-refractivity contribution in [2.45, 2.75) is 25.2 Å². The topological polar surface area (TPSA) is 41.5 Å². The van der Waals surface area contributed by atoms with Crippen LogP contribution in [0.15, 0.2) is 24.3 Å². The summed E-state index contributed by atoms with van der Waals surface area (Å²) < 4.78 is 5.68. The highest BCUT2D eigenvalue weighted by Crippen LogP contribution is 2.48. The van der Waals surface area contributed by atoms with Gasteiger partial charge in [-0.3, -0.25) is 0 Å². The lowest BCUT2D eigenvalue weighted by Crippen LogP contribution is -2.29. The van der Waals surface area contributed by atoms with Crippen LogP contribution in [0.3, 0.4) is 0 Å². The lowest BCUT2D eigenvalue weighted by molar-refractivity contribution is 0.243. The van der Waals surface area contributed by atoms with Gasteiger partial charge in [0.15, 0.2) is 0 Å². The number of ether oxygens (including phenoxy) is 1. The molecule has 1 heterocycles. The van der Waals surface area contributed by atoms with Gasteiger partial charge in [0, 0.05) is 31.2 Å². The predicted octanol–water partition coefficient (Wildman–Crippen LogP) is 1.91. The van der Waals surface area contributed by atoms with Crippen molar-refractivity contribution in [2.75, 3.05) is 26.3 Å². The van der Waals surface area contributed by atoms with Gasteiger partial charge in [-0.2, -0.15) is 0 Å². The molecule has 2 aliphatic rings. The van der Waals surface area contributed by atoms with Gasteiger partial charge in [0.1, 0.15) is 5.75 Å². The fourth-order valence-corrected chi connectivity index (χ4v) is 2.84. The number of para-hydroxylation sites is 1. The first-order valence-electron chi connectivity index (χ1n) is 6.86. The first kappa shape index (κ1) is 12.0. The van der Waals surface area contributed by atoms with Gasteiger partial charge in [-0.1, -0.05) is 18.2 Å². The fraction of sp³-hybridized carbons (Fsp3) is 0.600. The summed E-state index contributed by atoms with van der Waals surface area (Å²) in [6.07, 6.45) is 3.47.